The largest absolute Gasteiger partial charge is 0.478 e. The summed E-state index contributed by atoms with van der Waals surface area (Å²) in [5.41, 5.74) is 1.26. The van der Waals surface area contributed by atoms with E-state index in [1.807, 2.05) is 21.0 Å². The topological polar surface area (TPSA) is 49.9 Å². The molecule has 0 fully saturated rings. The van der Waals surface area contributed by atoms with Crippen molar-refractivity contribution in [2.24, 2.45) is 0 Å². The summed E-state index contributed by atoms with van der Waals surface area (Å²) in [5, 5.41) is 0. The monoisotopic (exact) mass is 290 g/mol. The summed E-state index contributed by atoms with van der Waals surface area (Å²) in [7, 11) is 4.02. The molecule has 1 amide bonds. The fourth-order valence-corrected chi connectivity index (χ4v) is 2.45. The van der Waals surface area contributed by atoms with Crippen LogP contribution in [0, 0.1) is 0 Å². The first kappa shape index (κ1) is 15.5. The van der Waals surface area contributed by atoms with Gasteiger partial charge in [0.15, 0.2) is 6.10 Å². The average Bonchev–Trinajstić information content (AvgIpc) is 2.48. The Morgan fingerprint density at radius 1 is 1.38 bits per heavy atom. The maximum atomic E-state index is 12.5. The average molecular weight is 290 g/mol. The van der Waals surface area contributed by atoms with Gasteiger partial charge in [-0.2, -0.15) is 0 Å². The summed E-state index contributed by atoms with van der Waals surface area (Å²) in [6, 6.07) is 5.21. The summed E-state index contributed by atoms with van der Waals surface area (Å²) >= 11 is 0. The lowest BCUT2D eigenvalue weighted by Crippen LogP contribution is -2.46. The van der Waals surface area contributed by atoms with Gasteiger partial charge < -0.3 is 14.5 Å². The molecule has 1 aromatic rings. The number of benzene rings is 1. The van der Waals surface area contributed by atoms with Gasteiger partial charge in [-0.25, -0.2) is 0 Å². The highest BCUT2D eigenvalue weighted by atomic mass is 16.5. The molecule has 0 saturated heterocycles. The molecule has 0 saturated carbocycles. The lowest BCUT2D eigenvalue weighted by atomic mass is 10.1. The number of nitrogens with zero attached hydrogens (tertiary/aromatic N) is 2. The minimum Gasteiger partial charge on any atom is -0.478 e. The number of carbonyl (C=O) groups excluding carboxylic acids is 2. The van der Waals surface area contributed by atoms with Crippen LogP contribution in [-0.2, 0) is 4.79 Å². The molecule has 1 heterocycles. The molecule has 2 rings (SSSR count). The molecule has 1 aromatic carbocycles. The quantitative estimate of drug-likeness (QED) is 0.751. The number of fused-ring (bicyclic) bond motifs is 1. The summed E-state index contributed by atoms with van der Waals surface area (Å²) in [6.45, 7) is 3.47. The number of ether oxygens (including phenoxy) is 1. The number of rotatable bonds is 6. The van der Waals surface area contributed by atoms with Crippen molar-refractivity contribution >= 4 is 17.9 Å². The van der Waals surface area contributed by atoms with Crippen LogP contribution in [0.25, 0.3) is 0 Å². The van der Waals surface area contributed by atoms with Crippen molar-refractivity contribution < 1.29 is 14.3 Å². The highest BCUT2D eigenvalue weighted by Gasteiger charge is 2.33. The zero-order valence-electron chi connectivity index (χ0n) is 12.8. The van der Waals surface area contributed by atoms with Crippen LogP contribution in [0.3, 0.4) is 0 Å². The Morgan fingerprint density at radius 3 is 2.76 bits per heavy atom. The van der Waals surface area contributed by atoms with Crippen molar-refractivity contribution in [3.8, 4) is 5.75 Å². The van der Waals surface area contributed by atoms with Crippen molar-refractivity contribution in [2.45, 2.75) is 25.9 Å². The number of amides is 1. The second kappa shape index (κ2) is 6.72. The van der Waals surface area contributed by atoms with Gasteiger partial charge in [0.05, 0.1) is 5.69 Å². The van der Waals surface area contributed by atoms with Gasteiger partial charge >= 0.3 is 0 Å². The number of aldehydes is 1. The number of hydrogen-bond donors (Lipinski definition) is 0. The molecule has 1 unspecified atom stereocenters. The lowest BCUT2D eigenvalue weighted by molar-refractivity contribution is -0.126. The van der Waals surface area contributed by atoms with E-state index in [9.17, 15) is 9.59 Å². The third-order valence-electron chi connectivity index (χ3n) is 3.58. The van der Waals surface area contributed by atoms with E-state index in [-0.39, 0.29) is 5.91 Å². The Labute approximate surface area is 125 Å². The standard InChI is InChI=1S/C16H22N2O3/c1-4-14-16(20)18(9-5-8-17(2)3)13-10-12(11-19)6-7-15(13)21-14/h6-7,10-11,14H,4-5,8-9H2,1-3H3. The Morgan fingerprint density at radius 2 is 2.14 bits per heavy atom. The van der Waals surface area contributed by atoms with Crippen molar-refractivity contribution in [1.29, 1.82) is 0 Å². The predicted molar refractivity (Wildman–Crippen MR) is 82.1 cm³/mol. The minimum atomic E-state index is -0.432. The molecule has 5 heteroatoms. The second-order valence-electron chi connectivity index (χ2n) is 5.51. The molecular weight excluding hydrogens is 268 g/mol. The van der Waals surface area contributed by atoms with Gasteiger partial charge in [-0.05, 0) is 51.7 Å². The molecule has 5 nitrogen and oxygen atoms in total. The van der Waals surface area contributed by atoms with Gasteiger partial charge in [-0.15, -0.1) is 0 Å². The molecule has 0 radical (unpaired) electrons. The van der Waals surface area contributed by atoms with E-state index in [2.05, 4.69) is 4.90 Å². The first-order chi connectivity index (χ1) is 10.1. The van der Waals surface area contributed by atoms with E-state index >= 15 is 0 Å². The first-order valence-corrected chi connectivity index (χ1v) is 7.28. The third-order valence-corrected chi connectivity index (χ3v) is 3.58. The van der Waals surface area contributed by atoms with Crippen molar-refractivity contribution in [3.63, 3.8) is 0 Å². The molecular formula is C16H22N2O3. The molecule has 0 aliphatic carbocycles. The molecule has 1 aliphatic heterocycles. The maximum Gasteiger partial charge on any atom is 0.268 e. The van der Waals surface area contributed by atoms with Crippen LogP contribution in [0.15, 0.2) is 18.2 Å². The molecule has 114 valence electrons. The normalized spacial score (nSPS) is 17.6. The Bertz CT molecular complexity index is 528. The SMILES string of the molecule is CCC1Oc2ccc(C=O)cc2N(CCCN(C)C)C1=O. The molecule has 1 atom stereocenters. The first-order valence-electron chi connectivity index (χ1n) is 7.28. The van der Waals surface area contributed by atoms with Gasteiger partial charge in [0.2, 0.25) is 0 Å². The predicted octanol–water partition coefficient (Wildman–Crippen LogP) is 1.95. The molecule has 0 spiro atoms. The van der Waals surface area contributed by atoms with Crippen molar-refractivity contribution in [1.82, 2.24) is 4.90 Å². The summed E-state index contributed by atoms with van der Waals surface area (Å²) in [5.74, 6) is 0.656. The highest BCUT2D eigenvalue weighted by molar-refractivity contribution is 6.00. The molecule has 1 aliphatic rings. The molecule has 0 bridgehead atoms. The summed E-state index contributed by atoms with van der Waals surface area (Å²) in [6.07, 6.45) is 1.87. The van der Waals surface area contributed by atoms with Gasteiger partial charge in [0.1, 0.15) is 12.0 Å². The van der Waals surface area contributed by atoms with Crippen LogP contribution in [0.4, 0.5) is 5.69 Å². The Balaban J connectivity index is 2.27. The van der Waals surface area contributed by atoms with Crippen LogP contribution in [0.2, 0.25) is 0 Å². The third kappa shape index (κ3) is 3.42. The summed E-state index contributed by atoms with van der Waals surface area (Å²) in [4.78, 5) is 27.3. The van der Waals surface area contributed by atoms with Gasteiger partial charge in [-0.1, -0.05) is 6.92 Å². The fourth-order valence-electron chi connectivity index (χ4n) is 2.45. The summed E-state index contributed by atoms with van der Waals surface area (Å²) < 4.78 is 5.73. The Hall–Kier alpha value is -1.88. The minimum absolute atomic E-state index is 0.0215. The number of anilines is 1. The van der Waals surface area contributed by atoms with E-state index in [1.54, 1.807) is 23.1 Å². The van der Waals surface area contributed by atoms with E-state index in [0.29, 0.717) is 30.0 Å². The molecule has 0 N–H and O–H groups in total. The van der Waals surface area contributed by atoms with Crippen LogP contribution in [0.5, 0.6) is 5.75 Å². The maximum absolute atomic E-state index is 12.5. The van der Waals surface area contributed by atoms with Crippen LogP contribution in [-0.4, -0.2) is 50.4 Å². The molecule has 0 aromatic heterocycles. The molecule has 21 heavy (non-hydrogen) atoms. The van der Waals surface area contributed by atoms with Gasteiger partial charge in [0, 0.05) is 12.1 Å². The second-order valence-corrected chi connectivity index (χ2v) is 5.51. The number of carbonyl (C=O) groups is 2. The Kier molecular flexibility index (Phi) is 4.96. The van der Waals surface area contributed by atoms with Gasteiger partial charge in [-0.3, -0.25) is 9.59 Å². The smallest absolute Gasteiger partial charge is 0.268 e. The zero-order chi connectivity index (χ0) is 15.4. The van der Waals surface area contributed by atoms with E-state index < -0.39 is 6.10 Å². The highest BCUT2D eigenvalue weighted by Crippen LogP contribution is 2.35. The van der Waals surface area contributed by atoms with Crippen LogP contribution in [0.1, 0.15) is 30.1 Å². The van der Waals surface area contributed by atoms with E-state index in [0.717, 1.165) is 19.3 Å². The van der Waals surface area contributed by atoms with Crippen molar-refractivity contribution in [3.05, 3.63) is 23.8 Å². The van der Waals surface area contributed by atoms with E-state index in [1.165, 1.54) is 0 Å². The number of hydrogen-bond acceptors (Lipinski definition) is 4. The van der Waals surface area contributed by atoms with Crippen LogP contribution >= 0.6 is 0 Å². The fraction of sp³-hybridized carbons (Fsp3) is 0.500. The van der Waals surface area contributed by atoms with Crippen molar-refractivity contribution in [2.75, 3.05) is 32.1 Å². The van der Waals surface area contributed by atoms with Gasteiger partial charge in [0.25, 0.3) is 5.91 Å². The zero-order valence-corrected chi connectivity index (χ0v) is 12.8. The van der Waals surface area contributed by atoms with E-state index in [4.69, 9.17) is 4.74 Å². The van der Waals surface area contributed by atoms with Crippen LogP contribution < -0.4 is 9.64 Å². The lowest BCUT2D eigenvalue weighted by Gasteiger charge is -2.34.